The molecule has 1 N–H and O–H groups in total. The van der Waals surface area contributed by atoms with Crippen LogP contribution in [0, 0.1) is 5.92 Å². The maximum Gasteiger partial charge on any atom is 0.139 e. The second-order valence-electron chi connectivity index (χ2n) is 4.69. The van der Waals surface area contributed by atoms with Gasteiger partial charge < -0.3 is 5.11 Å². The van der Waals surface area contributed by atoms with Crippen LogP contribution in [-0.4, -0.2) is 10.9 Å². The highest BCUT2D eigenvalue weighted by atomic mass is 16.3. The maximum absolute atomic E-state index is 12.0. The lowest BCUT2D eigenvalue weighted by molar-refractivity contribution is -0.132. The topological polar surface area (TPSA) is 37.3 Å². The smallest absolute Gasteiger partial charge is 0.139 e. The van der Waals surface area contributed by atoms with Crippen LogP contribution in [0.4, 0.5) is 0 Å². The van der Waals surface area contributed by atoms with Gasteiger partial charge in [-0.15, -0.1) is 0 Å². The number of hydrogen-bond donors (Lipinski definition) is 1. The fraction of sp³-hybridized carbons (Fsp3) is 0.533. The van der Waals surface area contributed by atoms with Crippen molar-refractivity contribution in [3.05, 3.63) is 35.9 Å². The van der Waals surface area contributed by atoms with Gasteiger partial charge in [-0.25, -0.2) is 0 Å². The van der Waals surface area contributed by atoms with E-state index in [-0.39, 0.29) is 11.7 Å². The van der Waals surface area contributed by atoms with Gasteiger partial charge >= 0.3 is 0 Å². The van der Waals surface area contributed by atoms with Crippen molar-refractivity contribution in [1.82, 2.24) is 0 Å². The number of carbonyl (C=O) groups excluding carboxylic acids is 1. The van der Waals surface area contributed by atoms with Gasteiger partial charge in [0.25, 0.3) is 0 Å². The Morgan fingerprint density at radius 3 is 2.35 bits per heavy atom. The first-order valence-electron chi connectivity index (χ1n) is 6.34. The lowest BCUT2D eigenvalue weighted by atomic mass is 9.78. The molecule has 0 amide bonds. The van der Waals surface area contributed by atoms with Crippen molar-refractivity contribution in [2.45, 2.75) is 45.6 Å². The molecule has 0 heterocycles. The Kier molecular flexibility index (Phi) is 4.88. The Bertz CT molecular complexity index is 354. The van der Waals surface area contributed by atoms with Crippen LogP contribution in [0.3, 0.4) is 0 Å². The van der Waals surface area contributed by atoms with Gasteiger partial charge in [0.05, 0.1) is 11.5 Å². The van der Waals surface area contributed by atoms with E-state index in [9.17, 15) is 9.90 Å². The number of aliphatic hydroxyl groups is 1. The van der Waals surface area contributed by atoms with Crippen LogP contribution in [0.15, 0.2) is 30.3 Å². The summed E-state index contributed by atoms with van der Waals surface area (Å²) in [5.41, 5.74) is -0.251. The maximum atomic E-state index is 12.0. The Morgan fingerprint density at radius 1 is 1.29 bits per heavy atom. The summed E-state index contributed by atoms with van der Waals surface area (Å²) < 4.78 is 0. The normalized spacial score (nSPS) is 16.2. The molecule has 0 bridgehead atoms. The summed E-state index contributed by atoms with van der Waals surface area (Å²) in [5, 5.41) is 10.6. The van der Waals surface area contributed by atoms with E-state index in [2.05, 4.69) is 0 Å². The summed E-state index contributed by atoms with van der Waals surface area (Å²) in [6, 6.07) is 9.44. The predicted octanol–water partition coefficient (Wildman–Crippen LogP) is 3.29. The van der Waals surface area contributed by atoms with Crippen LogP contribution in [0.25, 0.3) is 0 Å². The van der Waals surface area contributed by atoms with E-state index in [1.54, 1.807) is 6.92 Å². The van der Waals surface area contributed by atoms with Crippen molar-refractivity contribution in [2.24, 2.45) is 5.92 Å². The molecule has 1 aromatic rings. The number of carbonyl (C=O) groups is 1. The highest BCUT2D eigenvalue weighted by Crippen LogP contribution is 2.32. The highest BCUT2D eigenvalue weighted by Gasteiger charge is 2.36. The predicted molar refractivity (Wildman–Crippen MR) is 69.7 cm³/mol. The van der Waals surface area contributed by atoms with Crippen molar-refractivity contribution in [2.75, 3.05) is 0 Å². The lowest BCUT2D eigenvalue weighted by Crippen LogP contribution is -2.36. The average molecular weight is 234 g/mol. The van der Waals surface area contributed by atoms with Gasteiger partial charge in [-0.3, -0.25) is 4.79 Å². The molecule has 0 saturated heterocycles. The van der Waals surface area contributed by atoms with Gasteiger partial charge in [0.2, 0.25) is 0 Å². The third kappa shape index (κ3) is 3.16. The fourth-order valence-corrected chi connectivity index (χ4v) is 2.34. The molecule has 0 aliphatic rings. The minimum absolute atomic E-state index is 0.156. The second-order valence-corrected chi connectivity index (χ2v) is 4.69. The fourth-order valence-electron chi connectivity index (χ4n) is 2.34. The Morgan fingerprint density at radius 2 is 1.88 bits per heavy atom. The van der Waals surface area contributed by atoms with Crippen molar-refractivity contribution in [3.63, 3.8) is 0 Å². The van der Waals surface area contributed by atoms with Crippen LogP contribution in [0.5, 0.6) is 0 Å². The molecule has 2 atom stereocenters. The van der Waals surface area contributed by atoms with Crippen LogP contribution in [0.2, 0.25) is 0 Å². The third-order valence-electron chi connectivity index (χ3n) is 3.33. The van der Waals surface area contributed by atoms with Crippen LogP contribution in [0.1, 0.15) is 45.6 Å². The number of rotatable bonds is 6. The highest BCUT2D eigenvalue weighted by molar-refractivity contribution is 5.82. The summed E-state index contributed by atoms with van der Waals surface area (Å²) in [4.78, 5) is 12.0. The van der Waals surface area contributed by atoms with Crippen molar-refractivity contribution >= 4 is 5.78 Å². The van der Waals surface area contributed by atoms with Gasteiger partial charge in [0, 0.05) is 6.42 Å². The molecule has 94 valence electrons. The van der Waals surface area contributed by atoms with Gasteiger partial charge in [0.15, 0.2) is 0 Å². The lowest BCUT2D eigenvalue weighted by Gasteiger charge is -2.31. The number of hydrogen-bond acceptors (Lipinski definition) is 2. The largest absolute Gasteiger partial charge is 0.385 e. The molecule has 1 aromatic carbocycles. The quantitative estimate of drug-likeness (QED) is 0.820. The zero-order chi connectivity index (χ0) is 12.9. The molecule has 0 aliphatic carbocycles. The van der Waals surface area contributed by atoms with E-state index >= 15 is 0 Å². The van der Waals surface area contributed by atoms with Gasteiger partial charge in [-0.1, -0.05) is 44.2 Å². The van der Waals surface area contributed by atoms with E-state index in [4.69, 9.17) is 0 Å². The number of ketones is 1. The van der Waals surface area contributed by atoms with E-state index in [0.29, 0.717) is 12.8 Å². The Hall–Kier alpha value is -1.15. The molecule has 0 saturated carbocycles. The zero-order valence-electron chi connectivity index (χ0n) is 10.9. The third-order valence-corrected chi connectivity index (χ3v) is 3.33. The number of benzene rings is 1. The first-order valence-corrected chi connectivity index (χ1v) is 6.34. The summed E-state index contributed by atoms with van der Waals surface area (Å²) in [6.07, 6.45) is 2.04. The molecule has 1 rings (SSSR count). The molecule has 0 aromatic heterocycles. The first kappa shape index (κ1) is 13.9. The van der Waals surface area contributed by atoms with E-state index in [0.717, 1.165) is 12.0 Å². The van der Waals surface area contributed by atoms with Crippen molar-refractivity contribution < 1.29 is 9.90 Å². The zero-order valence-corrected chi connectivity index (χ0v) is 10.9. The molecule has 0 unspecified atom stereocenters. The van der Waals surface area contributed by atoms with E-state index in [1.165, 1.54) is 0 Å². The standard InChI is InChI=1S/C15H22O2/c1-4-9-14(16)13(5-2)15(3,17)12-10-7-6-8-11-12/h6-8,10-11,13,17H,4-5,9H2,1-3H3/t13-,15-/m0/s1. The average Bonchev–Trinajstić information content (AvgIpc) is 2.31. The summed E-state index contributed by atoms with van der Waals surface area (Å²) >= 11 is 0. The minimum Gasteiger partial charge on any atom is -0.385 e. The molecular weight excluding hydrogens is 212 g/mol. The van der Waals surface area contributed by atoms with Gasteiger partial charge in [-0.05, 0) is 25.3 Å². The molecule has 0 aliphatic heterocycles. The summed E-state index contributed by atoms with van der Waals surface area (Å²) in [5.74, 6) is -0.159. The summed E-state index contributed by atoms with van der Waals surface area (Å²) in [7, 11) is 0. The Labute approximate surface area is 104 Å². The number of Topliss-reactive ketones (excluding diaryl/α,β-unsaturated/α-hetero) is 1. The van der Waals surface area contributed by atoms with E-state index < -0.39 is 5.60 Å². The van der Waals surface area contributed by atoms with Crippen LogP contribution >= 0.6 is 0 Å². The van der Waals surface area contributed by atoms with E-state index in [1.807, 2.05) is 44.2 Å². The van der Waals surface area contributed by atoms with Gasteiger partial charge in [-0.2, -0.15) is 0 Å². The minimum atomic E-state index is -1.07. The van der Waals surface area contributed by atoms with Crippen molar-refractivity contribution in [1.29, 1.82) is 0 Å². The Balaban J connectivity index is 2.98. The molecule has 2 nitrogen and oxygen atoms in total. The van der Waals surface area contributed by atoms with Crippen LogP contribution in [-0.2, 0) is 10.4 Å². The van der Waals surface area contributed by atoms with Gasteiger partial charge in [0.1, 0.15) is 5.78 Å². The molecule has 2 heteroatoms. The molecular formula is C15H22O2. The SMILES string of the molecule is CCCC(=O)[C@H](CC)[C@@](C)(O)c1ccccc1. The van der Waals surface area contributed by atoms with Crippen molar-refractivity contribution in [3.8, 4) is 0 Å². The molecule has 0 radical (unpaired) electrons. The monoisotopic (exact) mass is 234 g/mol. The molecule has 17 heavy (non-hydrogen) atoms. The molecule has 0 fully saturated rings. The first-order chi connectivity index (χ1) is 8.04. The molecule has 0 spiro atoms. The van der Waals surface area contributed by atoms with Crippen LogP contribution < -0.4 is 0 Å². The summed E-state index contributed by atoms with van der Waals surface area (Å²) in [6.45, 7) is 5.68. The second kappa shape index (κ2) is 5.97.